The maximum Gasteiger partial charge on any atom is 0.146 e. The van der Waals surface area contributed by atoms with Crippen LogP contribution >= 0.6 is 0 Å². The van der Waals surface area contributed by atoms with Crippen LogP contribution in [0.1, 0.15) is 37.4 Å². The molecule has 2 nitrogen and oxygen atoms in total. The Bertz CT molecular complexity index is 349. The van der Waals surface area contributed by atoms with E-state index in [0.717, 1.165) is 24.3 Å². The summed E-state index contributed by atoms with van der Waals surface area (Å²) < 4.78 is 12.9. The molecule has 15 heavy (non-hydrogen) atoms. The van der Waals surface area contributed by atoms with Crippen molar-refractivity contribution in [1.29, 1.82) is 0 Å². The molecule has 0 saturated heterocycles. The minimum absolute atomic E-state index is 0.109. The summed E-state index contributed by atoms with van der Waals surface area (Å²) in [4.78, 5) is 0. The molecule has 0 heterocycles. The topological polar surface area (TPSA) is 46.2 Å². The SMILES string of the molecule is Nc1cc(C(O)CCC2CC2)ccc1F. The average Bonchev–Trinajstić information content (AvgIpc) is 3.02. The van der Waals surface area contributed by atoms with Gasteiger partial charge in [-0.15, -0.1) is 0 Å². The van der Waals surface area contributed by atoms with Gasteiger partial charge in [0, 0.05) is 0 Å². The number of aliphatic hydroxyl groups excluding tert-OH is 1. The minimum Gasteiger partial charge on any atom is -0.396 e. The zero-order chi connectivity index (χ0) is 10.8. The molecule has 2 rings (SSSR count). The fourth-order valence-electron chi connectivity index (χ4n) is 1.74. The first-order valence-electron chi connectivity index (χ1n) is 5.40. The van der Waals surface area contributed by atoms with Gasteiger partial charge < -0.3 is 10.8 Å². The van der Waals surface area contributed by atoms with E-state index in [4.69, 9.17) is 5.73 Å². The molecule has 0 radical (unpaired) electrons. The van der Waals surface area contributed by atoms with Gasteiger partial charge in [-0.05, 0) is 36.5 Å². The summed E-state index contributed by atoms with van der Waals surface area (Å²) in [5.74, 6) is 0.380. The summed E-state index contributed by atoms with van der Waals surface area (Å²) in [5, 5.41) is 9.83. The van der Waals surface area contributed by atoms with Gasteiger partial charge in [0.2, 0.25) is 0 Å². The van der Waals surface area contributed by atoms with Crippen molar-refractivity contribution in [2.24, 2.45) is 5.92 Å². The summed E-state index contributed by atoms with van der Waals surface area (Å²) in [5.41, 5.74) is 6.27. The largest absolute Gasteiger partial charge is 0.396 e. The molecule has 1 unspecified atom stereocenters. The molecule has 1 atom stereocenters. The number of hydrogen-bond donors (Lipinski definition) is 2. The molecular weight excluding hydrogens is 193 g/mol. The summed E-state index contributed by atoms with van der Waals surface area (Å²) in [6.07, 6.45) is 3.87. The lowest BCUT2D eigenvalue weighted by molar-refractivity contribution is 0.162. The van der Waals surface area contributed by atoms with Crippen LogP contribution in [0.25, 0.3) is 0 Å². The van der Waals surface area contributed by atoms with Crippen molar-refractivity contribution in [3.63, 3.8) is 0 Å². The number of nitrogen functional groups attached to an aromatic ring is 1. The Kier molecular flexibility index (Phi) is 2.91. The first kappa shape index (κ1) is 10.4. The molecule has 1 fully saturated rings. The second-order valence-corrected chi connectivity index (χ2v) is 4.32. The lowest BCUT2D eigenvalue weighted by Gasteiger charge is -2.11. The zero-order valence-corrected chi connectivity index (χ0v) is 8.62. The lowest BCUT2D eigenvalue weighted by atomic mass is 10.0. The molecular formula is C12H16FNO. The van der Waals surface area contributed by atoms with Crippen molar-refractivity contribution in [2.45, 2.75) is 31.8 Å². The van der Waals surface area contributed by atoms with Crippen molar-refractivity contribution in [2.75, 3.05) is 5.73 Å². The Morgan fingerprint density at radius 2 is 2.20 bits per heavy atom. The molecule has 3 N–H and O–H groups in total. The molecule has 1 aromatic rings. The van der Waals surface area contributed by atoms with Crippen molar-refractivity contribution >= 4 is 5.69 Å². The number of nitrogens with two attached hydrogens (primary N) is 1. The quantitative estimate of drug-likeness (QED) is 0.749. The predicted octanol–water partition coefficient (Wildman–Crippen LogP) is 2.63. The van der Waals surface area contributed by atoms with E-state index in [2.05, 4.69) is 0 Å². The zero-order valence-electron chi connectivity index (χ0n) is 8.62. The number of halogens is 1. The van der Waals surface area contributed by atoms with Gasteiger partial charge in [0.05, 0.1) is 11.8 Å². The number of anilines is 1. The lowest BCUT2D eigenvalue weighted by Crippen LogP contribution is -2.00. The first-order valence-corrected chi connectivity index (χ1v) is 5.40. The molecule has 0 aliphatic heterocycles. The Hall–Kier alpha value is -1.09. The van der Waals surface area contributed by atoms with Crippen molar-refractivity contribution < 1.29 is 9.50 Å². The highest BCUT2D eigenvalue weighted by Gasteiger charge is 2.22. The molecule has 1 aliphatic carbocycles. The number of aliphatic hydroxyl groups is 1. The first-order chi connectivity index (χ1) is 7.16. The Morgan fingerprint density at radius 3 is 2.80 bits per heavy atom. The second kappa shape index (κ2) is 4.19. The normalized spacial score (nSPS) is 17.7. The van der Waals surface area contributed by atoms with Crippen LogP contribution in [0.3, 0.4) is 0 Å². The molecule has 1 saturated carbocycles. The monoisotopic (exact) mass is 209 g/mol. The minimum atomic E-state index is -0.506. The van der Waals surface area contributed by atoms with E-state index in [1.54, 1.807) is 6.07 Å². The van der Waals surface area contributed by atoms with Crippen molar-refractivity contribution in [3.8, 4) is 0 Å². The molecule has 0 bridgehead atoms. The Morgan fingerprint density at radius 1 is 1.47 bits per heavy atom. The van der Waals surface area contributed by atoms with E-state index in [1.165, 1.54) is 25.0 Å². The van der Waals surface area contributed by atoms with Crippen molar-refractivity contribution in [1.82, 2.24) is 0 Å². The highest BCUT2D eigenvalue weighted by molar-refractivity contribution is 5.43. The number of benzene rings is 1. The van der Waals surface area contributed by atoms with Gasteiger partial charge in [-0.25, -0.2) is 4.39 Å². The summed E-state index contributed by atoms with van der Waals surface area (Å²) in [6, 6.07) is 4.43. The van der Waals surface area contributed by atoms with E-state index in [0.29, 0.717) is 0 Å². The predicted molar refractivity (Wildman–Crippen MR) is 57.7 cm³/mol. The molecule has 1 aromatic carbocycles. The third-order valence-corrected chi connectivity index (χ3v) is 2.95. The van der Waals surface area contributed by atoms with Gasteiger partial charge >= 0.3 is 0 Å². The summed E-state index contributed by atoms with van der Waals surface area (Å²) >= 11 is 0. The van der Waals surface area contributed by atoms with Crippen LogP contribution in [-0.2, 0) is 0 Å². The maximum atomic E-state index is 12.9. The van der Waals surface area contributed by atoms with Gasteiger partial charge in [0.15, 0.2) is 0 Å². The van der Waals surface area contributed by atoms with Crippen LogP contribution in [0.15, 0.2) is 18.2 Å². The second-order valence-electron chi connectivity index (χ2n) is 4.32. The molecule has 1 aliphatic rings. The van der Waals surface area contributed by atoms with E-state index in [9.17, 15) is 9.50 Å². The van der Waals surface area contributed by atoms with Crippen molar-refractivity contribution in [3.05, 3.63) is 29.6 Å². The highest BCUT2D eigenvalue weighted by Crippen LogP contribution is 2.36. The third-order valence-electron chi connectivity index (χ3n) is 2.95. The fraction of sp³-hybridized carbons (Fsp3) is 0.500. The molecule has 0 aromatic heterocycles. The van der Waals surface area contributed by atoms with Crippen LogP contribution < -0.4 is 5.73 Å². The molecule has 0 amide bonds. The van der Waals surface area contributed by atoms with Gasteiger partial charge in [-0.1, -0.05) is 18.9 Å². The van der Waals surface area contributed by atoms with E-state index >= 15 is 0 Å². The van der Waals surface area contributed by atoms with Crippen LogP contribution in [0, 0.1) is 11.7 Å². The van der Waals surface area contributed by atoms with Crippen LogP contribution in [0.5, 0.6) is 0 Å². The molecule has 82 valence electrons. The van der Waals surface area contributed by atoms with E-state index in [1.807, 2.05) is 0 Å². The van der Waals surface area contributed by atoms with Gasteiger partial charge in [0.1, 0.15) is 5.82 Å². The average molecular weight is 209 g/mol. The van der Waals surface area contributed by atoms with E-state index in [-0.39, 0.29) is 5.69 Å². The van der Waals surface area contributed by atoms with Crippen LogP contribution in [-0.4, -0.2) is 5.11 Å². The van der Waals surface area contributed by atoms with Crippen LogP contribution in [0.2, 0.25) is 0 Å². The van der Waals surface area contributed by atoms with Crippen LogP contribution in [0.4, 0.5) is 10.1 Å². The summed E-state index contributed by atoms with van der Waals surface area (Å²) in [6.45, 7) is 0. The number of rotatable bonds is 4. The molecule has 3 heteroatoms. The van der Waals surface area contributed by atoms with Gasteiger partial charge in [0.25, 0.3) is 0 Å². The third kappa shape index (κ3) is 2.69. The molecule has 0 spiro atoms. The highest BCUT2D eigenvalue weighted by atomic mass is 19.1. The smallest absolute Gasteiger partial charge is 0.146 e. The fourth-order valence-corrected chi connectivity index (χ4v) is 1.74. The number of hydrogen-bond acceptors (Lipinski definition) is 2. The van der Waals surface area contributed by atoms with Gasteiger partial charge in [-0.2, -0.15) is 0 Å². The standard InChI is InChI=1S/C12H16FNO/c13-10-5-4-9(7-11(10)14)12(15)6-3-8-1-2-8/h4-5,7-8,12,15H,1-3,6,14H2. The Labute approximate surface area is 88.9 Å². The Balaban J connectivity index is 1.97. The maximum absolute atomic E-state index is 12.9. The van der Waals surface area contributed by atoms with E-state index < -0.39 is 11.9 Å². The van der Waals surface area contributed by atoms with Gasteiger partial charge in [-0.3, -0.25) is 0 Å². The summed E-state index contributed by atoms with van der Waals surface area (Å²) in [7, 11) is 0.